The highest BCUT2D eigenvalue weighted by Gasteiger charge is 2.05. The number of carboxylic acids is 1. The highest BCUT2D eigenvalue weighted by Crippen LogP contribution is 2.19. The van der Waals surface area contributed by atoms with Crippen LogP contribution in [-0.2, 0) is 9.53 Å². The van der Waals surface area contributed by atoms with E-state index in [-0.39, 0.29) is 5.56 Å². The van der Waals surface area contributed by atoms with Crippen molar-refractivity contribution >= 4 is 33.9 Å². The third-order valence-electron chi connectivity index (χ3n) is 1.93. The van der Waals surface area contributed by atoms with Gasteiger partial charge >= 0.3 is 11.9 Å². The Hall–Kier alpha value is -1.62. The third-order valence-corrected chi connectivity index (χ3v) is 2.65. The fourth-order valence-corrected chi connectivity index (χ4v) is 1.53. The molecule has 1 N–H and O–H groups in total. The van der Waals surface area contributed by atoms with Crippen LogP contribution >= 0.6 is 15.9 Å². The van der Waals surface area contributed by atoms with Crippen molar-refractivity contribution < 1.29 is 19.4 Å². The van der Waals surface area contributed by atoms with Crippen LogP contribution in [0.5, 0.6) is 0 Å². The first kappa shape index (κ1) is 13.4. The molecule has 0 atom stereocenters. The van der Waals surface area contributed by atoms with Gasteiger partial charge < -0.3 is 9.84 Å². The fraction of sp³-hybridized carbons (Fsp3) is 0.167. The number of aromatic carboxylic acids is 1. The van der Waals surface area contributed by atoms with E-state index in [1.165, 1.54) is 24.3 Å². The summed E-state index contributed by atoms with van der Waals surface area (Å²) in [7, 11) is 0. The molecule has 0 spiro atoms. The van der Waals surface area contributed by atoms with Crippen molar-refractivity contribution in [1.29, 1.82) is 0 Å². The number of rotatable bonds is 4. The molecule has 0 unspecified atom stereocenters. The largest absolute Gasteiger partial charge is 0.478 e. The molecule has 5 heteroatoms. The fourth-order valence-electron chi connectivity index (χ4n) is 1.15. The quantitative estimate of drug-likeness (QED) is 0.686. The van der Waals surface area contributed by atoms with Gasteiger partial charge in [0.15, 0.2) is 0 Å². The predicted molar refractivity (Wildman–Crippen MR) is 66.8 cm³/mol. The van der Waals surface area contributed by atoms with Crippen LogP contribution in [0.2, 0.25) is 0 Å². The lowest BCUT2D eigenvalue weighted by molar-refractivity contribution is -0.137. The van der Waals surface area contributed by atoms with Gasteiger partial charge in [0.05, 0.1) is 12.2 Å². The minimum atomic E-state index is -1.01. The monoisotopic (exact) mass is 298 g/mol. The maximum Gasteiger partial charge on any atom is 0.335 e. The third kappa shape index (κ3) is 4.03. The van der Waals surface area contributed by atoms with E-state index in [1.807, 2.05) is 0 Å². The van der Waals surface area contributed by atoms with Gasteiger partial charge in [-0.3, -0.25) is 0 Å². The lowest BCUT2D eigenvalue weighted by Gasteiger charge is -2.01. The summed E-state index contributed by atoms with van der Waals surface area (Å²) >= 11 is 3.27. The number of benzene rings is 1. The van der Waals surface area contributed by atoms with Gasteiger partial charge in [-0.1, -0.05) is 15.9 Å². The topological polar surface area (TPSA) is 63.6 Å². The summed E-state index contributed by atoms with van der Waals surface area (Å²) in [6.07, 6.45) is 2.77. The minimum Gasteiger partial charge on any atom is -0.478 e. The number of carboxylic acid groups (broad SMARTS) is 1. The van der Waals surface area contributed by atoms with E-state index >= 15 is 0 Å². The molecule has 0 amide bonds. The lowest BCUT2D eigenvalue weighted by Crippen LogP contribution is -1.99. The van der Waals surface area contributed by atoms with Gasteiger partial charge in [-0.05, 0) is 36.8 Å². The molecule has 0 aliphatic carbocycles. The SMILES string of the molecule is CCOC(=O)/C=C/c1cc(C(=O)O)ccc1Br. The van der Waals surface area contributed by atoms with Gasteiger partial charge in [-0.2, -0.15) is 0 Å². The van der Waals surface area contributed by atoms with Gasteiger partial charge in [-0.25, -0.2) is 9.59 Å². The van der Waals surface area contributed by atoms with Gasteiger partial charge in [0.2, 0.25) is 0 Å². The highest BCUT2D eigenvalue weighted by atomic mass is 79.9. The second-order valence-electron chi connectivity index (χ2n) is 3.13. The Morgan fingerprint density at radius 2 is 2.18 bits per heavy atom. The Bertz CT molecular complexity index is 466. The van der Waals surface area contributed by atoms with Gasteiger partial charge in [0, 0.05) is 10.5 Å². The first-order valence-electron chi connectivity index (χ1n) is 4.92. The smallest absolute Gasteiger partial charge is 0.335 e. The second kappa shape index (κ2) is 6.20. The number of ether oxygens (including phenoxy) is 1. The first-order chi connectivity index (χ1) is 8.04. The molecule has 1 rings (SSSR count). The number of halogens is 1. The van der Waals surface area contributed by atoms with Gasteiger partial charge in [0.25, 0.3) is 0 Å². The Labute approximate surface area is 107 Å². The summed E-state index contributed by atoms with van der Waals surface area (Å²) in [6.45, 7) is 2.02. The Morgan fingerprint density at radius 3 is 2.76 bits per heavy atom. The van der Waals surface area contributed by atoms with E-state index < -0.39 is 11.9 Å². The van der Waals surface area contributed by atoms with Crippen LogP contribution in [-0.4, -0.2) is 23.7 Å². The molecule has 0 aliphatic heterocycles. The molecular weight excluding hydrogens is 288 g/mol. The zero-order chi connectivity index (χ0) is 12.8. The number of carbonyl (C=O) groups excluding carboxylic acids is 1. The van der Waals surface area contributed by atoms with Crippen molar-refractivity contribution in [3.63, 3.8) is 0 Å². The molecule has 0 saturated carbocycles. The van der Waals surface area contributed by atoms with Crippen molar-refractivity contribution in [1.82, 2.24) is 0 Å². The molecule has 0 fully saturated rings. The van der Waals surface area contributed by atoms with E-state index in [9.17, 15) is 9.59 Å². The Morgan fingerprint density at radius 1 is 1.47 bits per heavy atom. The van der Waals surface area contributed by atoms with Crippen molar-refractivity contribution in [2.75, 3.05) is 6.61 Å². The van der Waals surface area contributed by atoms with Crippen molar-refractivity contribution in [2.45, 2.75) is 6.92 Å². The molecule has 4 nitrogen and oxygen atoms in total. The number of hydrogen-bond donors (Lipinski definition) is 1. The molecule has 1 aromatic carbocycles. The molecule has 0 saturated heterocycles. The van der Waals surface area contributed by atoms with Crippen LogP contribution in [0.3, 0.4) is 0 Å². The molecule has 17 heavy (non-hydrogen) atoms. The van der Waals surface area contributed by atoms with E-state index in [0.29, 0.717) is 16.6 Å². The zero-order valence-electron chi connectivity index (χ0n) is 9.14. The summed E-state index contributed by atoms with van der Waals surface area (Å²) in [6, 6.07) is 4.57. The predicted octanol–water partition coefficient (Wildman–Crippen LogP) is 2.72. The maximum atomic E-state index is 11.1. The first-order valence-corrected chi connectivity index (χ1v) is 5.71. The highest BCUT2D eigenvalue weighted by molar-refractivity contribution is 9.10. The summed E-state index contributed by atoms with van der Waals surface area (Å²) in [5.74, 6) is -1.47. The van der Waals surface area contributed by atoms with Crippen LogP contribution in [0.15, 0.2) is 28.7 Å². The summed E-state index contributed by atoms with van der Waals surface area (Å²) < 4.78 is 5.43. The molecule has 0 bridgehead atoms. The molecule has 0 aliphatic rings. The standard InChI is InChI=1S/C12H11BrO4/c1-2-17-11(14)6-4-8-7-9(12(15)16)3-5-10(8)13/h3-7H,2H2,1H3,(H,15,16)/b6-4+. The summed E-state index contributed by atoms with van der Waals surface area (Å²) in [5, 5.41) is 8.83. The Kier molecular flexibility index (Phi) is 4.90. The van der Waals surface area contributed by atoms with Crippen LogP contribution in [0.1, 0.15) is 22.8 Å². The van der Waals surface area contributed by atoms with E-state index in [1.54, 1.807) is 13.0 Å². The molecule has 1 aromatic rings. The molecule has 0 heterocycles. The van der Waals surface area contributed by atoms with Crippen LogP contribution < -0.4 is 0 Å². The van der Waals surface area contributed by atoms with Crippen molar-refractivity contribution in [3.05, 3.63) is 39.9 Å². The number of carbonyl (C=O) groups is 2. The Balaban J connectivity index is 2.93. The van der Waals surface area contributed by atoms with Crippen molar-refractivity contribution in [3.8, 4) is 0 Å². The van der Waals surface area contributed by atoms with Gasteiger partial charge in [0.1, 0.15) is 0 Å². The van der Waals surface area contributed by atoms with Gasteiger partial charge in [-0.15, -0.1) is 0 Å². The molecule has 90 valence electrons. The second-order valence-corrected chi connectivity index (χ2v) is 3.98. The molecule has 0 aromatic heterocycles. The normalized spacial score (nSPS) is 10.5. The average molecular weight is 299 g/mol. The number of esters is 1. The zero-order valence-corrected chi connectivity index (χ0v) is 10.7. The average Bonchev–Trinajstić information content (AvgIpc) is 2.28. The maximum absolute atomic E-state index is 11.1. The lowest BCUT2D eigenvalue weighted by atomic mass is 10.1. The van der Waals surface area contributed by atoms with E-state index in [4.69, 9.17) is 9.84 Å². The van der Waals surface area contributed by atoms with Crippen LogP contribution in [0.25, 0.3) is 6.08 Å². The summed E-state index contributed by atoms with van der Waals surface area (Å²) in [4.78, 5) is 21.9. The van der Waals surface area contributed by atoms with E-state index in [2.05, 4.69) is 15.9 Å². The summed E-state index contributed by atoms with van der Waals surface area (Å²) in [5.41, 5.74) is 0.773. The molecular formula is C12H11BrO4. The van der Waals surface area contributed by atoms with E-state index in [0.717, 1.165) is 0 Å². The minimum absolute atomic E-state index is 0.164. The van der Waals surface area contributed by atoms with Crippen LogP contribution in [0.4, 0.5) is 0 Å². The van der Waals surface area contributed by atoms with Crippen molar-refractivity contribution in [2.24, 2.45) is 0 Å². The van der Waals surface area contributed by atoms with Crippen LogP contribution in [0, 0.1) is 0 Å². The number of hydrogen-bond acceptors (Lipinski definition) is 3. The molecule has 0 radical (unpaired) electrons.